The lowest BCUT2D eigenvalue weighted by molar-refractivity contribution is -0.193. The molecule has 0 aliphatic heterocycles. The fourth-order valence-corrected chi connectivity index (χ4v) is 0.289. The van der Waals surface area contributed by atoms with Gasteiger partial charge in [0, 0.05) is 0 Å². The van der Waals surface area contributed by atoms with Gasteiger partial charge in [-0.05, 0) is 25.9 Å². The summed E-state index contributed by atoms with van der Waals surface area (Å²) in [6, 6.07) is 0. The zero-order valence-electron chi connectivity index (χ0n) is 9.96. The van der Waals surface area contributed by atoms with Gasteiger partial charge in [0.2, 0.25) is 0 Å². The van der Waals surface area contributed by atoms with Gasteiger partial charge in [-0.25, -0.2) is 9.59 Å². The molecule has 0 spiro atoms. The van der Waals surface area contributed by atoms with Crippen LogP contribution in [0.1, 0.15) is 12.8 Å². The summed E-state index contributed by atoms with van der Waals surface area (Å²) in [5, 5.41) is 14.2. The Morgan fingerprint density at radius 1 is 0.750 bits per heavy atom. The second-order valence-electron chi connectivity index (χ2n) is 2.89. The standard InChI is InChI=1S/C4H12N2.2C2HF3O2/c5-3-1-2-4-6;2*3-2(4,5)1(6)7/h1-6H2;2*(H,6,7). The fourth-order valence-electron chi connectivity index (χ4n) is 0.289. The summed E-state index contributed by atoms with van der Waals surface area (Å²) in [5.74, 6) is -5.51. The predicted octanol–water partition coefficient (Wildman–Crippen LogP) is 0.951. The van der Waals surface area contributed by atoms with Crippen molar-refractivity contribution < 1.29 is 46.1 Å². The number of carboxylic acid groups (broad SMARTS) is 2. The van der Waals surface area contributed by atoms with Crippen molar-refractivity contribution in [2.45, 2.75) is 25.2 Å². The molecule has 0 bridgehead atoms. The Hall–Kier alpha value is -1.56. The minimum Gasteiger partial charge on any atom is -0.475 e. The van der Waals surface area contributed by atoms with Crippen LogP contribution in [-0.2, 0) is 9.59 Å². The van der Waals surface area contributed by atoms with Gasteiger partial charge < -0.3 is 21.7 Å². The number of carbonyl (C=O) groups is 2. The topological polar surface area (TPSA) is 127 Å². The molecule has 12 heteroatoms. The monoisotopic (exact) mass is 316 g/mol. The third-order valence-electron chi connectivity index (χ3n) is 1.14. The second kappa shape index (κ2) is 11.3. The Morgan fingerprint density at radius 2 is 0.900 bits per heavy atom. The van der Waals surface area contributed by atoms with E-state index in [0.29, 0.717) is 0 Å². The molecule has 0 heterocycles. The van der Waals surface area contributed by atoms with Crippen LogP contribution in [0.25, 0.3) is 0 Å². The molecule has 0 atom stereocenters. The van der Waals surface area contributed by atoms with Crippen molar-refractivity contribution in [3.05, 3.63) is 0 Å². The Balaban J connectivity index is -0.000000218. The number of hydrogen-bond acceptors (Lipinski definition) is 4. The molecule has 0 aromatic rings. The van der Waals surface area contributed by atoms with Gasteiger partial charge in [-0.15, -0.1) is 0 Å². The van der Waals surface area contributed by atoms with Crippen LogP contribution in [-0.4, -0.2) is 47.6 Å². The number of rotatable bonds is 3. The maximum atomic E-state index is 10.6. The van der Waals surface area contributed by atoms with E-state index in [9.17, 15) is 26.3 Å². The SMILES string of the molecule is NCCCCN.O=C(O)C(F)(F)F.O=C(O)C(F)(F)F. The van der Waals surface area contributed by atoms with E-state index in [2.05, 4.69) is 0 Å². The molecular formula is C8H14F6N2O4. The number of aliphatic carboxylic acids is 2. The third-order valence-corrected chi connectivity index (χ3v) is 1.14. The van der Waals surface area contributed by atoms with Gasteiger partial charge >= 0.3 is 24.3 Å². The van der Waals surface area contributed by atoms with Crippen molar-refractivity contribution in [1.29, 1.82) is 0 Å². The number of halogens is 6. The van der Waals surface area contributed by atoms with Gasteiger partial charge in [-0.3, -0.25) is 0 Å². The van der Waals surface area contributed by atoms with Crippen molar-refractivity contribution in [2.24, 2.45) is 11.5 Å². The van der Waals surface area contributed by atoms with Gasteiger partial charge in [0.15, 0.2) is 0 Å². The lowest BCUT2D eigenvalue weighted by Crippen LogP contribution is -2.21. The highest BCUT2D eigenvalue weighted by molar-refractivity contribution is 5.73. The number of carboxylic acids is 2. The highest BCUT2D eigenvalue weighted by Crippen LogP contribution is 2.13. The van der Waals surface area contributed by atoms with Gasteiger partial charge in [0.05, 0.1) is 0 Å². The van der Waals surface area contributed by atoms with Crippen molar-refractivity contribution in [3.8, 4) is 0 Å². The van der Waals surface area contributed by atoms with E-state index in [1.54, 1.807) is 0 Å². The van der Waals surface area contributed by atoms with Gasteiger partial charge in [0.25, 0.3) is 0 Å². The zero-order valence-corrected chi connectivity index (χ0v) is 9.96. The van der Waals surface area contributed by atoms with Crippen LogP contribution in [0.3, 0.4) is 0 Å². The van der Waals surface area contributed by atoms with Crippen molar-refractivity contribution >= 4 is 11.9 Å². The van der Waals surface area contributed by atoms with Crippen LogP contribution < -0.4 is 11.5 Å². The van der Waals surface area contributed by atoms with E-state index in [1.807, 2.05) is 0 Å². The summed E-state index contributed by atoms with van der Waals surface area (Å²) < 4.78 is 63.5. The molecule has 0 rings (SSSR count). The van der Waals surface area contributed by atoms with Crippen LogP contribution in [0, 0.1) is 0 Å². The largest absolute Gasteiger partial charge is 0.490 e. The maximum absolute atomic E-state index is 10.6. The Bertz CT molecular complexity index is 251. The molecule has 0 unspecified atom stereocenters. The first-order valence-electron chi connectivity index (χ1n) is 4.81. The van der Waals surface area contributed by atoms with Gasteiger partial charge in [0.1, 0.15) is 0 Å². The number of unbranched alkanes of at least 4 members (excludes halogenated alkanes) is 1. The molecule has 6 nitrogen and oxygen atoms in total. The van der Waals surface area contributed by atoms with Crippen molar-refractivity contribution in [2.75, 3.05) is 13.1 Å². The minimum atomic E-state index is -5.08. The lowest BCUT2D eigenvalue weighted by Gasteiger charge is -1.93. The van der Waals surface area contributed by atoms with Crippen LogP contribution in [0.4, 0.5) is 26.3 Å². The van der Waals surface area contributed by atoms with Crippen molar-refractivity contribution in [3.63, 3.8) is 0 Å². The predicted molar refractivity (Wildman–Crippen MR) is 54.7 cm³/mol. The Kier molecular flexibility index (Phi) is 13.3. The smallest absolute Gasteiger partial charge is 0.475 e. The molecule has 0 radical (unpaired) electrons. The summed E-state index contributed by atoms with van der Waals surface area (Å²) in [6.07, 6.45) is -8.03. The summed E-state index contributed by atoms with van der Waals surface area (Å²) in [5.41, 5.74) is 10.3. The maximum Gasteiger partial charge on any atom is 0.490 e. The first kappa shape index (κ1) is 23.5. The van der Waals surface area contributed by atoms with Gasteiger partial charge in [-0.2, -0.15) is 26.3 Å². The Morgan fingerprint density at radius 3 is 0.950 bits per heavy atom. The molecule has 6 N–H and O–H groups in total. The molecule has 0 fully saturated rings. The minimum absolute atomic E-state index is 0.775. The summed E-state index contributed by atoms with van der Waals surface area (Å²) >= 11 is 0. The van der Waals surface area contributed by atoms with E-state index >= 15 is 0 Å². The molecule has 0 saturated carbocycles. The Labute approximate surface area is 109 Å². The highest BCUT2D eigenvalue weighted by atomic mass is 19.4. The van der Waals surface area contributed by atoms with E-state index in [-0.39, 0.29) is 0 Å². The molecule has 0 saturated heterocycles. The number of alkyl halides is 6. The van der Waals surface area contributed by atoms with Crippen LogP contribution in [0.15, 0.2) is 0 Å². The molecule has 0 aromatic heterocycles. The average molecular weight is 316 g/mol. The first-order valence-corrected chi connectivity index (χ1v) is 4.81. The average Bonchev–Trinajstić information content (AvgIpc) is 2.25. The highest BCUT2D eigenvalue weighted by Gasteiger charge is 2.38. The molecule has 0 aromatic carbocycles. The number of nitrogens with two attached hydrogens (primary N) is 2. The van der Waals surface area contributed by atoms with Crippen LogP contribution >= 0.6 is 0 Å². The van der Waals surface area contributed by atoms with Crippen LogP contribution in [0.2, 0.25) is 0 Å². The first-order chi connectivity index (χ1) is 8.80. The van der Waals surface area contributed by atoms with E-state index in [1.165, 1.54) is 0 Å². The summed E-state index contributed by atoms with van der Waals surface area (Å²) in [6.45, 7) is 1.55. The molecule has 20 heavy (non-hydrogen) atoms. The normalized spacial score (nSPS) is 10.6. The third kappa shape index (κ3) is 21.7. The van der Waals surface area contributed by atoms with Crippen molar-refractivity contribution in [1.82, 2.24) is 0 Å². The molecule has 0 aliphatic rings. The van der Waals surface area contributed by atoms with E-state index in [0.717, 1.165) is 25.9 Å². The van der Waals surface area contributed by atoms with E-state index in [4.69, 9.17) is 31.3 Å². The summed E-state index contributed by atoms with van der Waals surface area (Å²) in [7, 11) is 0. The van der Waals surface area contributed by atoms with Crippen LogP contribution in [0.5, 0.6) is 0 Å². The number of hydrogen-bond donors (Lipinski definition) is 4. The zero-order chi connectivity index (χ0) is 17.0. The quantitative estimate of drug-likeness (QED) is 0.453. The summed E-state index contributed by atoms with van der Waals surface area (Å²) in [4.78, 5) is 17.8. The molecule has 0 aliphatic carbocycles. The van der Waals surface area contributed by atoms with Gasteiger partial charge in [-0.1, -0.05) is 0 Å². The van der Waals surface area contributed by atoms with E-state index < -0.39 is 24.3 Å². The molecule has 0 amide bonds. The fraction of sp³-hybridized carbons (Fsp3) is 0.750. The second-order valence-corrected chi connectivity index (χ2v) is 2.89. The molecule has 122 valence electrons. The lowest BCUT2D eigenvalue weighted by atomic mass is 10.3. The molecular weight excluding hydrogens is 302 g/mol.